The van der Waals surface area contributed by atoms with E-state index >= 15 is 0 Å². The minimum Gasteiger partial charge on any atom is -0.355 e. The van der Waals surface area contributed by atoms with Gasteiger partial charge in [-0.2, -0.15) is 0 Å². The smallest absolute Gasteiger partial charge is 0.225 e. The lowest BCUT2D eigenvalue weighted by molar-refractivity contribution is 0.781. The molecule has 122 valence electrons. The largest absolute Gasteiger partial charge is 0.355 e. The summed E-state index contributed by atoms with van der Waals surface area (Å²) in [6.45, 7) is 3.64. The monoisotopic (exact) mass is 339 g/mol. The van der Waals surface area contributed by atoms with Gasteiger partial charge < -0.3 is 9.80 Å². The number of rotatable bonds is 2. The molecule has 6 heteroatoms. The summed E-state index contributed by atoms with van der Waals surface area (Å²) in [7, 11) is 0. The second-order valence-corrected chi connectivity index (χ2v) is 6.23. The first-order valence-electron chi connectivity index (χ1n) is 8.13. The number of pyridine rings is 1. The van der Waals surface area contributed by atoms with Crippen LogP contribution in [0.25, 0.3) is 10.8 Å². The van der Waals surface area contributed by atoms with Crippen LogP contribution < -0.4 is 9.80 Å². The molecule has 0 saturated carbocycles. The normalized spacial score (nSPS) is 15.5. The van der Waals surface area contributed by atoms with Gasteiger partial charge in [0.2, 0.25) is 5.95 Å². The standard InChI is InChI=1S/C18H18ClN5/c19-17-15-6-2-1-5-14(15)13-16(22-17)23-9-4-10-24(12-11-23)18-20-7-3-8-21-18/h1-3,5-8,13H,4,9-12H2. The summed E-state index contributed by atoms with van der Waals surface area (Å²) in [5, 5.41) is 2.69. The van der Waals surface area contributed by atoms with Gasteiger partial charge in [0.25, 0.3) is 0 Å². The number of hydrogen-bond acceptors (Lipinski definition) is 5. The SMILES string of the molecule is Clc1nc(N2CCCN(c3ncccn3)CC2)cc2ccccc12. The van der Waals surface area contributed by atoms with Crippen molar-refractivity contribution < 1.29 is 0 Å². The molecule has 1 aromatic carbocycles. The molecule has 4 rings (SSSR count). The van der Waals surface area contributed by atoms with Crippen LogP contribution in [0, 0.1) is 0 Å². The van der Waals surface area contributed by atoms with Crippen LogP contribution in [0.1, 0.15) is 6.42 Å². The summed E-state index contributed by atoms with van der Waals surface area (Å²) in [5.41, 5.74) is 0. The molecule has 0 atom stereocenters. The fourth-order valence-corrected chi connectivity index (χ4v) is 3.36. The lowest BCUT2D eigenvalue weighted by atomic mass is 10.2. The zero-order chi connectivity index (χ0) is 16.4. The van der Waals surface area contributed by atoms with Gasteiger partial charge in [0.15, 0.2) is 0 Å². The van der Waals surface area contributed by atoms with E-state index in [9.17, 15) is 0 Å². The Hall–Kier alpha value is -2.40. The van der Waals surface area contributed by atoms with Crippen molar-refractivity contribution in [1.29, 1.82) is 0 Å². The zero-order valence-electron chi connectivity index (χ0n) is 13.3. The number of nitrogens with zero attached hydrogens (tertiary/aromatic N) is 5. The van der Waals surface area contributed by atoms with Crippen LogP contribution in [0.15, 0.2) is 48.8 Å². The van der Waals surface area contributed by atoms with Crippen LogP contribution in [0.3, 0.4) is 0 Å². The minimum atomic E-state index is 0.565. The van der Waals surface area contributed by atoms with Crippen LogP contribution in [0.5, 0.6) is 0 Å². The summed E-state index contributed by atoms with van der Waals surface area (Å²) in [6.07, 6.45) is 4.61. The predicted molar refractivity (Wildman–Crippen MR) is 97.8 cm³/mol. The quantitative estimate of drug-likeness (QED) is 0.670. The minimum absolute atomic E-state index is 0.565. The van der Waals surface area contributed by atoms with Crippen LogP contribution in [0.4, 0.5) is 11.8 Å². The van der Waals surface area contributed by atoms with Crippen LogP contribution in [0.2, 0.25) is 5.15 Å². The van der Waals surface area contributed by atoms with E-state index in [0.717, 1.165) is 55.1 Å². The number of fused-ring (bicyclic) bond motifs is 1. The van der Waals surface area contributed by atoms with Gasteiger partial charge in [-0.25, -0.2) is 15.0 Å². The van der Waals surface area contributed by atoms with Crippen molar-refractivity contribution >= 4 is 34.1 Å². The second-order valence-electron chi connectivity index (χ2n) is 5.87. The number of halogens is 1. The fraction of sp³-hybridized carbons (Fsp3) is 0.278. The topological polar surface area (TPSA) is 45.2 Å². The van der Waals surface area contributed by atoms with Crippen molar-refractivity contribution in [2.24, 2.45) is 0 Å². The van der Waals surface area contributed by atoms with Gasteiger partial charge in [-0.15, -0.1) is 0 Å². The Labute approximate surface area is 145 Å². The Morgan fingerprint density at radius 3 is 2.50 bits per heavy atom. The first-order chi connectivity index (χ1) is 11.8. The van der Waals surface area contributed by atoms with Gasteiger partial charge in [0.1, 0.15) is 11.0 Å². The van der Waals surface area contributed by atoms with Crippen molar-refractivity contribution in [3.05, 3.63) is 53.9 Å². The highest BCUT2D eigenvalue weighted by molar-refractivity contribution is 6.34. The number of benzene rings is 1. The fourth-order valence-electron chi connectivity index (χ4n) is 3.11. The van der Waals surface area contributed by atoms with Gasteiger partial charge in [0, 0.05) is 44.0 Å². The third-order valence-electron chi connectivity index (χ3n) is 4.34. The Kier molecular flexibility index (Phi) is 4.17. The van der Waals surface area contributed by atoms with E-state index in [-0.39, 0.29) is 0 Å². The molecule has 3 heterocycles. The van der Waals surface area contributed by atoms with Crippen molar-refractivity contribution in [1.82, 2.24) is 15.0 Å². The van der Waals surface area contributed by atoms with Gasteiger partial charge >= 0.3 is 0 Å². The molecule has 0 bridgehead atoms. The summed E-state index contributed by atoms with van der Waals surface area (Å²) in [5.74, 6) is 1.73. The molecule has 0 amide bonds. The molecule has 0 radical (unpaired) electrons. The van der Waals surface area contributed by atoms with Crippen molar-refractivity contribution in [2.75, 3.05) is 36.0 Å². The lowest BCUT2D eigenvalue weighted by Crippen LogP contribution is -2.32. The predicted octanol–water partition coefficient (Wildman–Crippen LogP) is 3.39. The molecule has 1 aliphatic rings. The first-order valence-corrected chi connectivity index (χ1v) is 8.51. The molecule has 5 nitrogen and oxygen atoms in total. The molecule has 0 N–H and O–H groups in total. The van der Waals surface area contributed by atoms with Gasteiger partial charge in [-0.05, 0) is 23.9 Å². The summed E-state index contributed by atoms with van der Waals surface area (Å²) < 4.78 is 0. The molecule has 1 aliphatic heterocycles. The molecule has 0 spiro atoms. The molecule has 24 heavy (non-hydrogen) atoms. The molecular weight excluding hydrogens is 322 g/mol. The number of hydrogen-bond donors (Lipinski definition) is 0. The Balaban J connectivity index is 1.57. The zero-order valence-corrected chi connectivity index (χ0v) is 14.0. The molecule has 1 saturated heterocycles. The Morgan fingerprint density at radius 1 is 0.875 bits per heavy atom. The summed E-state index contributed by atoms with van der Waals surface area (Å²) >= 11 is 6.38. The number of aromatic nitrogens is 3. The summed E-state index contributed by atoms with van der Waals surface area (Å²) in [4.78, 5) is 17.8. The van der Waals surface area contributed by atoms with Crippen LogP contribution in [-0.4, -0.2) is 41.1 Å². The average molecular weight is 340 g/mol. The molecule has 3 aromatic rings. The van der Waals surface area contributed by atoms with Crippen molar-refractivity contribution in [2.45, 2.75) is 6.42 Å². The summed E-state index contributed by atoms with van der Waals surface area (Å²) in [6, 6.07) is 12.1. The molecule has 0 aliphatic carbocycles. The van der Waals surface area contributed by atoms with E-state index in [1.54, 1.807) is 12.4 Å². The Bertz CT molecular complexity index is 839. The number of anilines is 2. The van der Waals surface area contributed by atoms with Crippen LogP contribution >= 0.6 is 11.6 Å². The van der Waals surface area contributed by atoms with Crippen molar-refractivity contribution in [3.8, 4) is 0 Å². The van der Waals surface area contributed by atoms with Gasteiger partial charge in [-0.3, -0.25) is 0 Å². The van der Waals surface area contributed by atoms with Crippen molar-refractivity contribution in [3.63, 3.8) is 0 Å². The third-order valence-corrected chi connectivity index (χ3v) is 4.62. The molecular formula is C18H18ClN5. The van der Waals surface area contributed by atoms with E-state index in [2.05, 4.69) is 36.9 Å². The van der Waals surface area contributed by atoms with E-state index < -0.39 is 0 Å². The lowest BCUT2D eigenvalue weighted by Gasteiger charge is -2.23. The van der Waals surface area contributed by atoms with Gasteiger partial charge in [-0.1, -0.05) is 35.9 Å². The van der Waals surface area contributed by atoms with E-state index in [4.69, 9.17) is 11.6 Å². The maximum atomic E-state index is 6.38. The Morgan fingerprint density at radius 2 is 1.62 bits per heavy atom. The van der Waals surface area contributed by atoms with Gasteiger partial charge in [0.05, 0.1) is 0 Å². The maximum absolute atomic E-state index is 6.38. The first kappa shape index (κ1) is 15.1. The van der Waals surface area contributed by atoms with E-state index in [1.807, 2.05) is 24.3 Å². The second kappa shape index (κ2) is 6.61. The highest BCUT2D eigenvalue weighted by Crippen LogP contribution is 2.27. The third kappa shape index (κ3) is 2.99. The van der Waals surface area contributed by atoms with E-state index in [0.29, 0.717) is 5.15 Å². The highest BCUT2D eigenvalue weighted by Gasteiger charge is 2.18. The average Bonchev–Trinajstić information content (AvgIpc) is 2.89. The molecule has 0 unspecified atom stereocenters. The highest BCUT2D eigenvalue weighted by atomic mass is 35.5. The van der Waals surface area contributed by atoms with E-state index in [1.165, 1.54) is 0 Å². The molecule has 1 fully saturated rings. The molecule has 2 aromatic heterocycles. The maximum Gasteiger partial charge on any atom is 0.225 e. The van der Waals surface area contributed by atoms with Crippen LogP contribution in [-0.2, 0) is 0 Å².